The van der Waals surface area contributed by atoms with Crippen molar-refractivity contribution >= 4 is 56.4 Å². The zero-order valence-electron chi connectivity index (χ0n) is 16.0. The summed E-state index contributed by atoms with van der Waals surface area (Å²) in [5, 5.41) is 7.29. The lowest BCUT2D eigenvalue weighted by molar-refractivity contribution is -0.118. The Balaban J connectivity index is 1.57. The van der Waals surface area contributed by atoms with Gasteiger partial charge in [0, 0.05) is 27.4 Å². The lowest BCUT2D eigenvalue weighted by Gasteiger charge is -2.13. The number of amides is 1. The molecule has 0 bridgehead atoms. The van der Waals surface area contributed by atoms with E-state index in [0.717, 1.165) is 15.7 Å². The molecule has 2 N–H and O–H groups in total. The van der Waals surface area contributed by atoms with Crippen molar-refractivity contribution in [3.05, 3.63) is 80.7 Å². The smallest absolute Gasteiger partial charge is 0.262 e. The van der Waals surface area contributed by atoms with Gasteiger partial charge in [-0.1, -0.05) is 29.3 Å². The Morgan fingerprint density at radius 3 is 2.40 bits per heavy atom. The van der Waals surface area contributed by atoms with Crippen molar-refractivity contribution in [2.45, 2.75) is 6.54 Å². The van der Waals surface area contributed by atoms with Crippen LogP contribution in [0.1, 0.15) is 5.56 Å². The van der Waals surface area contributed by atoms with Crippen molar-refractivity contribution in [3.63, 3.8) is 0 Å². The number of ether oxygens (including phenoxy) is 2. The molecule has 0 spiro atoms. The molecule has 0 saturated heterocycles. The summed E-state index contributed by atoms with van der Waals surface area (Å²) in [4.78, 5) is 12.1. The van der Waals surface area contributed by atoms with Gasteiger partial charge in [-0.15, -0.1) is 0 Å². The second-order valence-corrected chi connectivity index (χ2v) is 8.01. The molecule has 0 aromatic heterocycles. The van der Waals surface area contributed by atoms with E-state index in [4.69, 9.17) is 32.7 Å². The fourth-order valence-electron chi connectivity index (χ4n) is 2.63. The van der Waals surface area contributed by atoms with Crippen molar-refractivity contribution in [2.24, 2.45) is 0 Å². The highest BCUT2D eigenvalue weighted by Gasteiger charge is 2.09. The SMILES string of the molecule is COc1cc(CNc2ccc(Br)c(Cl)c2)ccc1OCC(=O)Nc1ccc(Cl)cc1. The van der Waals surface area contributed by atoms with E-state index < -0.39 is 0 Å². The molecule has 0 aliphatic carbocycles. The van der Waals surface area contributed by atoms with Gasteiger partial charge in [0.05, 0.1) is 12.1 Å². The summed E-state index contributed by atoms with van der Waals surface area (Å²) < 4.78 is 11.9. The molecule has 0 aliphatic heterocycles. The molecule has 30 heavy (non-hydrogen) atoms. The first-order valence-electron chi connectivity index (χ1n) is 8.98. The Morgan fingerprint density at radius 2 is 1.70 bits per heavy atom. The molecule has 0 saturated carbocycles. The summed E-state index contributed by atoms with van der Waals surface area (Å²) in [5.41, 5.74) is 2.54. The van der Waals surface area contributed by atoms with E-state index in [-0.39, 0.29) is 12.5 Å². The molecular formula is C22H19BrCl2N2O3. The number of hydrogen-bond donors (Lipinski definition) is 2. The quantitative estimate of drug-likeness (QED) is 0.369. The first kappa shape index (κ1) is 22.3. The molecule has 1 amide bonds. The van der Waals surface area contributed by atoms with E-state index in [1.54, 1.807) is 37.4 Å². The largest absolute Gasteiger partial charge is 0.493 e. The number of benzene rings is 3. The van der Waals surface area contributed by atoms with Crippen LogP contribution in [0.25, 0.3) is 0 Å². The lowest BCUT2D eigenvalue weighted by Crippen LogP contribution is -2.20. The Kier molecular flexibility index (Phi) is 7.85. The van der Waals surface area contributed by atoms with Crippen molar-refractivity contribution in [1.29, 1.82) is 0 Å². The summed E-state index contributed by atoms with van der Waals surface area (Å²) in [6, 6.07) is 18.1. The Hall–Kier alpha value is -2.41. The number of anilines is 2. The van der Waals surface area contributed by atoms with Gasteiger partial charge in [0.25, 0.3) is 5.91 Å². The summed E-state index contributed by atoms with van der Waals surface area (Å²) >= 11 is 15.3. The highest BCUT2D eigenvalue weighted by molar-refractivity contribution is 9.10. The van der Waals surface area contributed by atoms with Crippen molar-refractivity contribution in [2.75, 3.05) is 24.4 Å². The van der Waals surface area contributed by atoms with Crippen LogP contribution in [0.2, 0.25) is 10.0 Å². The van der Waals surface area contributed by atoms with E-state index >= 15 is 0 Å². The average molecular weight is 510 g/mol. The van der Waals surface area contributed by atoms with Gasteiger partial charge in [0.1, 0.15) is 0 Å². The highest BCUT2D eigenvalue weighted by Crippen LogP contribution is 2.29. The van der Waals surface area contributed by atoms with Crippen LogP contribution in [0, 0.1) is 0 Å². The highest BCUT2D eigenvalue weighted by atomic mass is 79.9. The maximum Gasteiger partial charge on any atom is 0.262 e. The summed E-state index contributed by atoms with van der Waals surface area (Å²) in [6.07, 6.45) is 0. The second kappa shape index (κ2) is 10.6. The molecule has 0 heterocycles. The number of nitrogens with one attached hydrogen (secondary N) is 2. The van der Waals surface area contributed by atoms with Crippen LogP contribution in [0.4, 0.5) is 11.4 Å². The number of halogens is 3. The molecular weight excluding hydrogens is 491 g/mol. The topological polar surface area (TPSA) is 59.6 Å². The third kappa shape index (κ3) is 6.29. The second-order valence-electron chi connectivity index (χ2n) is 6.31. The van der Waals surface area contributed by atoms with Gasteiger partial charge in [-0.2, -0.15) is 0 Å². The van der Waals surface area contributed by atoms with E-state index in [2.05, 4.69) is 26.6 Å². The molecule has 0 fully saturated rings. The van der Waals surface area contributed by atoms with Crippen LogP contribution in [-0.4, -0.2) is 19.6 Å². The fraction of sp³-hybridized carbons (Fsp3) is 0.136. The maximum absolute atomic E-state index is 12.1. The minimum atomic E-state index is -0.280. The van der Waals surface area contributed by atoms with Gasteiger partial charge < -0.3 is 20.1 Å². The van der Waals surface area contributed by atoms with Crippen LogP contribution in [0.5, 0.6) is 11.5 Å². The average Bonchev–Trinajstić information content (AvgIpc) is 2.75. The van der Waals surface area contributed by atoms with E-state index in [9.17, 15) is 4.79 Å². The first-order valence-corrected chi connectivity index (χ1v) is 10.5. The molecule has 5 nitrogen and oxygen atoms in total. The third-order valence-electron chi connectivity index (χ3n) is 4.13. The number of carbonyl (C=O) groups excluding carboxylic acids is 1. The fourth-order valence-corrected chi connectivity index (χ4v) is 3.18. The zero-order chi connectivity index (χ0) is 21.5. The predicted molar refractivity (Wildman–Crippen MR) is 125 cm³/mol. The molecule has 0 radical (unpaired) electrons. The molecule has 8 heteroatoms. The Bertz CT molecular complexity index is 1030. The Labute approximate surface area is 193 Å². The van der Waals surface area contributed by atoms with Crippen molar-refractivity contribution in [1.82, 2.24) is 0 Å². The van der Waals surface area contributed by atoms with Crippen molar-refractivity contribution < 1.29 is 14.3 Å². The van der Waals surface area contributed by atoms with Gasteiger partial charge in [0.15, 0.2) is 18.1 Å². The number of rotatable bonds is 8. The van der Waals surface area contributed by atoms with Gasteiger partial charge in [-0.3, -0.25) is 4.79 Å². The van der Waals surface area contributed by atoms with Crippen LogP contribution in [0.15, 0.2) is 65.1 Å². The molecule has 0 aliphatic rings. The van der Waals surface area contributed by atoms with Gasteiger partial charge in [0.2, 0.25) is 0 Å². The third-order valence-corrected chi connectivity index (χ3v) is 5.62. The standard InChI is InChI=1S/C22H19BrCl2N2O3/c1-29-21-10-14(12-26-17-7-8-18(23)19(25)11-17)2-9-20(21)30-13-22(28)27-16-5-3-15(24)4-6-16/h2-11,26H,12-13H2,1H3,(H,27,28). The minimum absolute atomic E-state index is 0.145. The van der Waals surface area contributed by atoms with Crippen LogP contribution < -0.4 is 20.1 Å². The normalized spacial score (nSPS) is 10.4. The summed E-state index contributed by atoms with van der Waals surface area (Å²) in [5.74, 6) is 0.749. The molecule has 3 aromatic carbocycles. The van der Waals surface area contributed by atoms with Crippen molar-refractivity contribution in [3.8, 4) is 11.5 Å². The number of methoxy groups -OCH3 is 1. The molecule has 3 aromatic rings. The number of carbonyl (C=O) groups is 1. The summed E-state index contributed by atoms with van der Waals surface area (Å²) in [6.45, 7) is 0.430. The predicted octanol–water partition coefficient (Wildman–Crippen LogP) is 6.39. The van der Waals surface area contributed by atoms with Crippen LogP contribution >= 0.6 is 39.1 Å². The first-order chi connectivity index (χ1) is 14.4. The Morgan fingerprint density at radius 1 is 0.967 bits per heavy atom. The zero-order valence-corrected chi connectivity index (χ0v) is 19.1. The van der Waals surface area contributed by atoms with Crippen LogP contribution in [0.3, 0.4) is 0 Å². The molecule has 0 atom stereocenters. The maximum atomic E-state index is 12.1. The monoisotopic (exact) mass is 508 g/mol. The minimum Gasteiger partial charge on any atom is -0.493 e. The molecule has 3 rings (SSSR count). The molecule has 156 valence electrons. The van der Waals surface area contributed by atoms with E-state index in [1.165, 1.54) is 0 Å². The molecule has 0 unspecified atom stereocenters. The van der Waals surface area contributed by atoms with Gasteiger partial charge in [-0.05, 0) is 76.1 Å². The lowest BCUT2D eigenvalue weighted by atomic mass is 10.2. The van der Waals surface area contributed by atoms with Gasteiger partial charge in [-0.25, -0.2) is 0 Å². The van der Waals surface area contributed by atoms with E-state index in [0.29, 0.717) is 33.8 Å². The summed E-state index contributed by atoms with van der Waals surface area (Å²) in [7, 11) is 1.56. The number of hydrogen-bond acceptors (Lipinski definition) is 4. The van der Waals surface area contributed by atoms with E-state index in [1.807, 2.05) is 30.3 Å². The van der Waals surface area contributed by atoms with Crippen LogP contribution in [-0.2, 0) is 11.3 Å². The van der Waals surface area contributed by atoms with Gasteiger partial charge >= 0.3 is 0 Å².